The molecule has 2 atom stereocenters. The van der Waals surface area contributed by atoms with Gasteiger partial charge in [-0.05, 0) is 0 Å². The van der Waals surface area contributed by atoms with Gasteiger partial charge in [0, 0.05) is 0 Å². The van der Waals surface area contributed by atoms with Crippen LogP contribution in [0.15, 0.2) is 0 Å². The van der Waals surface area contributed by atoms with Gasteiger partial charge in [0.25, 0.3) is 0 Å². The molecule has 0 fully saturated rings. The van der Waals surface area contributed by atoms with Crippen molar-refractivity contribution >= 4 is 19.2 Å². The number of aliphatic carboxylic acids is 2. The Morgan fingerprint density at radius 1 is 0.630 bits per heavy atom. The van der Waals surface area contributed by atoms with Crippen LogP contribution < -0.4 is 0 Å². The molecule has 0 aliphatic heterocycles. The molecule has 0 saturated carbocycles. The van der Waals surface area contributed by atoms with E-state index in [1.807, 2.05) is 0 Å². The Bertz CT molecular complexity index is 333. The summed E-state index contributed by atoms with van der Waals surface area (Å²) in [6.45, 7) is 9.44. The van der Waals surface area contributed by atoms with Gasteiger partial charge in [-0.2, -0.15) is 0 Å². The summed E-state index contributed by atoms with van der Waals surface area (Å²) >= 11 is 0. The number of hydrogen-bond donors (Lipinski definition) is 4. The maximum absolute atomic E-state index is 9.77. The molecular weight excluding hydrogens is 367 g/mol. The zero-order valence-corrected chi connectivity index (χ0v) is 18.7. The van der Waals surface area contributed by atoms with Gasteiger partial charge in [0.2, 0.25) is 0 Å². The van der Waals surface area contributed by atoms with Crippen molar-refractivity contribution in [1.82, 2.24) is 0 Å². The molecule has 0 spiro atoms. The number of unbranched alkanes of at least 4 members (excludes halogenated alkanes) is 4. The van der Waals surface area contributed by atoms with Crippen molar-refractivity contribution < 1.29 is 30.0 Å². The molecule has 0 aliphatic carbocycles. The summed E-state index contributed by atoms with van der Waals surface area (Å²) in [7, 11) is -0.879. The minimum atomic E-state index is -2.27. The van der Waals surface area contributed by atoms with Crippen molar-refractivity contribution in [2.45, 2.75) is 91.3 Å². The van der Waals surface area contributed by atoms with Gasteiger partial charge >= 0.3 is 123 Å². The summed E-state index contributed by atoms with van der Waals surface area (Å²) < 4.78 is 0. The first-order valence-corrected chi connectivity index (χ1v) is 13.4. The molecule has 0 radical (unpaired) electrons. The quantitative estimate of drug-likeness (QED) is 0.305. The number of aliphatic hydroxyl groups excluding tert-OH is 2. The summed E-state index contributed by atoms with van der Waals surface area (Å²) in [4.78, 5) is 19.5. The Morgan fingerprint density at radius 3 is 1.00 bits per heavy atom. The van der Waals surface area contributed by atoms with E-state index < -0.39 is 31.4 Å². The Kier molecular flexibility index (Phi) is 18.4. The molecule has 2 unspecified atom stereocenters. The standard InChI is InChI=1S/C16H37P.C4H6O6/c1-5-9-13-17(14-10-6-2,15-11-7-3)16-12-8-4;5-1(3(7)8)2(6)4(9)10/h17H,5-16H2,1-4H3;1-2,5-6H,(H,7,8)(H,9,10). The first-order chi connectivity index (χ1) is 12.7. The van der Waals surface area contributed by atoms with Crippen LogP contribution in [0.1, 0.15) is 79.1 Å². The molecule has 0 aliphatic rings. The topological polar surface area (TPSA) is 115 Å². The van der Waals surface area contributed by atoms with Crippen molar-refractivity contribution in [3.05, 3.63) is 0 Å². The Hall–Kier alpha value is -0.710. The van der Waals surface area contributed by atoms with Crippen LogP contribution in [0.25, 0.3) is 0 Å². The number of carboxylic acid groups (broad SMARTS) is 2. The van der Waals surface area contributed by atoms with E-state index >= 15 is 0 Å². The maximum atomic E-state index is 9.77. The van der Waals surface area contributed by atoms with Crippen LogP contribution in [0.4, 0.5) is 0 Å². The molecule has 0 aromatic heterocycles. The van der Waals surface area contributed by atoms with Crippen molar-refractivity contribution in [3.63, 3.8) is 0 Å². The van der Waals surface area contributed by atoms with E-state index in [-0.39, 0.29) is 0 Å². The van der Waals surface area contributed by atoms with Gasteiger partial charge in [-0.1, -0.05) is 0 Å². The first kappa shape index (κ1) is 28.5. The van der Waals surface area contributed by atoms with Gasteiger partial charge in [0.1, 0.15) is 0 Å². The Balaban J connectivity index is 0. The van der Waals surface area contributed by atoms with Crippen molar-refractivity contribution in [2.24, 2.45) is 0 Å². The third kappa shape index (κ3) is 14.0. The maximum Gasteiger partial charge on any atom is 0.335 e. The smallest absolute Gasteiger partial charge is 0.335 e. The summed E-state index contributed by atoms with van der Waals surface area (Å²) in [5.74, 6) is -3.54. The number of carboxylic acids is 2. The van der Waals surface area contributed by atoms with E-state index in [1.165, 1.54) is 51.4 Å². The fourth-order valence-electron chi connectivity index (χ4n) is 3.23. The van der Waals surface area contributed by atoms with E-state index in [4.69, 9.17) is 20.4 Å². The second-order valence-corrected chi connectivity index (χ2v) is 12.5. The van der Waals surface area contributed by atoms with Crippen LogP contribution in [0, 0.1) is 0 Å². The SMILES string of the molecule is CCCC[PH](CCCC)(CCCC)CCCC.O=C(O)C(O)C(O)C(=O)O. The van der Waals surface area contributed by atoms with Crippen LogP contribution in [0.3, 0.4) is 0 Å². The molecule has 0 bridgehead atoms. The molecule has 6 nitrogen and oxygen atoms in total. The van der Waals surface area contributed by atoms with Gasteiger partial charge < -0.3 is 20.4 Å². The normalized spacial score (nSPS) is 14.0. The van der Waals surface area contributed by atoms with E-state index in [9.17, 15) is 9.59 Å². The van der Waals surface area contributed by atoms with Crippen molar-refractivity contribution in [2.75, 3.05) is 24.6 Å². The predicted octanol–water partition coefficient (Wildman–Crippen LogP) is 3.81. The van der Waals surface area contributed by atoms with E-state index in [0.717, 1.165) is 0 Å². The molecule has 27 heavy (non-hydrogen) atoms. The molecule has 0 amide bonds. The zero-order valence-electron chi connectivity index (χ0n) is 17.7. The zero-order chi connectivity index (χ0) is 21.3. The number of carbonyl (C=O) groups is 2. The molecule has 0 aromatic carbocycles. The third-order valence-corrected chi connectivity index (χ3v) is 10.7. The van der Waals surface area contributed by atoms with Crippen LogP contribution in [-0.2, 0) is 9.59 Å². The molecule has 0 rings (SSSR count). The van der Waals surface area contributed by atoms with Crippen LogP contribution in [-0.4, -0.2) is 69.2 Å². The second-order valence-electron chi connectivity index (χ2n) is 7.48. The summed E-state index contributed by atoms with van der Waals surface area (Å²) in [6, 6.07) is 0. The van der Waals surface area contributed by atoms with Gasteiger partial charge in [0.05, 0.1) is 0 Å². The fourth-order valence-corrected chi connectivity index (χ4v) is 9.14. The van der Waals surface area contributed by atoms with Gasteiger partial charge in [0.15, 0.2) is 12.2 Å². The van der Waals surface area contributed by atoms with Crippen molar-refractivity contribution in [1.29, 1.82) is 0 Å². The molecule has 4 N–H and O–H groups in total. The molecule has 0 aromatic rings. The van der Waals surface area contributed by atoms with Crippen LogP contribution in [0.5, 0.6) is 0 Å². The predicted molar refractivity (Wildman–Crippen MR) is 115 cm³/mol. The number of hydrogen-bond acceptors (Lipinski definition) is 4. The Labute approximate surface area is 165 Å². The van der Waals surface area contributed by atoms with Gasteiger partial charge in [-0.25, -0.2) is 9.59 Å². The molecular formula is C20H43O6P. The summed E-state index contributed by atoms with van der Waals surface area (Å²) in [5, 5.41) is 32.5. The molecule has 164 valence electrons. The van der Waals surface area contributed by atoms with Gasteiger partial charge in [-0.3, -0.25) is 0 Å². The Morgan fingerprint density at radius 2 is 0.852 bits per heavy atom. The minimum Gasteiger partial charge on any atom is -0.479 e. The number of aliphatic hydroxyl groups is 2. The van der Waals surface area contributed by atoms with Gasteiger partial charge in [-0.15, -0.1) is 0 Å². The average molecular weight is 411 g/mol. The number of rotatable bonds is 15. The third-order valence-electron chi connectivity index (χ3n) is 5.05. The molecule has 7 heteroatoms. The van der Waals surface area contributed by atoms with Crippen molar-refractivity contribution in [3.8, 4) is 0 Å². The van der Waals surface area contributed by atoms with E-state index in [2.05, 4.69) is 27.7 Å². The largest absolute Gasteiger partial charge is 0.479 e. The summed E-state index contributed by atoms with van der Waals surface area (Å²) in [6.07, 6.45) is 13.6. The van der Waals surface area contributed by atoms with Crippen LogP contribution >= 0.6 is 7.26 Å². The molecule has 0 heterocycles. The monoisotopic (exact) mass is 410 g/mol. The minimum absolute atomic E-state index is 0.879. The fraction of sp³-hybridized carbons (Fsp3) is 0.900. The van der Waals surface area contributed by atoms with E-state index in [0.29, 0.717) is 0 Å². The van der Waals surface area contributed by atoms with Crippen LogP contribution in [0.2, 0.25) is 0 Å². The summed E-state index contributed by atoms with van der Waals surface area (Å²) in [5.41, 5.74) is 0. The second kappa shape index (κ2) is 17.4. The molecule has 0 saturated heterocycles. The first-order valence-electron chi connectivity index (χ1n) is 10.5. The van der Waals surface area contributed by atoms with E-state index in [1.54, 1.807) is 24.6 Å². The average Bonchev–Trinajstić information content (AvgIpc) is 2.66.